The van der Waals surface area contributed by atoms with E-state index in [1.807, 2.05) is 44.2 Å². The van der Waals surface area contributed by atoms with Crippen molar-refractivity contribution in [3.63, 3.8) is 0 Å². The molecule has 1 aromatic carbocycles. The Morgan fingerprint density at radius 3 is 2.16 bits per heavy atom. The molecule has 1 aromatic rings. The lowest BCUT2D eigenvalue weighted by Crippen LogP contribution is -2.47. The monoisotopic (exact) mass is 348 g/mol. The fourth-order valence-electron chi connectivity index (χ4n) is 2.41. The van der Waals surface area contributed by atoms with Crippen LogP contribution in [0.15, 0.2) is 30.3 Å². The van der Waals surface area contributed by atoms with Gasteiger partial charge in [0, 0.05) is 6.04 Å². The molecule has 0 spiro atoms. The molecule has 0 fully saturated rings. The maximum Gasteiger partial charge on any atom is 0.321 e. The van der Waals surface area contributed by atoms with Gasteiger partial charge in [0.05, 0.1) is 5.92 Å². The van der Waals surface area contributed by atoms with E-state index in [1.54, 1.807) is 13.8 Å². The smallest absolute Gasteiger partial charge is 0.321 e. The molecule has 0 aliphatic rings. The largest absolute Gasteiger partial charge is 0.452 e. The lowest BCUT2D eigenvalue weighted by atomic mass is 9.85. The quantitative estimate of drug-likeness (QED) is 0.742. The Morgan fingerprint density at radius 1 is 1.04 bits per heavy atom. The first kappa shape index (κ1) is 20.7. The minimum atomic E-state index is -1.05. The molecular weight excluding hydrogens is 320 g/mol. The van der Waals surface area contributed by atoms with E-state index in [4.69, 9.17) is 4.74 Å². The van der Waals surface area contributed by atoms with Gasteiger partial charge in [0.25, 0.3) is 5.91 Å². The average molecular weight is 348 g/mol. The van der Waals surface area contributed by atoms with Crippen LogP contribution in [0.2, 0.25) is 0 Å². The van der Waals surface area contributed by atoms with Gasteiger partial charge >= 0.3 is 12.0 Å². The molecule has 0 bridgehead atoms. The first-order valence-corrected chi connectivity index (χ1v) is 8.63. The molecule has 0 aliphatic heterocycles. The molecule has 0 unspecified atom stereocenters. The van der Waals surface area contributed by atoms with Crippen LogP contribution in [-0.4, -0.2) is 30.1 Å². The highest BCUT2D eigenvalue weighted by Crippen LogP contribution is 2.28. The molecule has 0 saturated heterocycles. The van der Waals surface area contributed by atoms with Crippen LogP contribution >= 0.6 is 0 Å². The SMILES string of the molecule is CC[C@@H](C)[C@H](C(=O)O[C@@H](C)C(=O)NC(=O)NC(C)C)c1ccccc1. The molecule has 138 valence electrons. The van der Waals surface area contributed by atoms with Gasteiger partial charge in [-0.15, -0.1) is 0 Å². The number of hydrogen-bond donors (Lipinski definition) is 2. The maximum absolute atomic E-state index is 12.6. The van der Waals surface area contributed by atoms with Gasteiger partial charge in [-0.05, 0) is 32.3 Å². The minimum absolute atomic E-state index is 0.0643. The summed E-state index contributed by atoms with van der Waals surface area (Å²) in [6.45, 7) is 8.99. The van der Waals surface area contributed by atoms with Crippen molar-refractivity contribution in [2.24, 2.45) is 5.92 Å². The third-order valence-electron chi connectivity index (χ3n) is 3.94. The van der Waals surface area contributed by atoms with Crippen LogP contribution in [0.4, 0.5) is 4.79 Å². The summed E-state index contributed by atoms with van der Waals surface area (Å²) < 4.78 is 5.33. The van der Waals surface area contributed by atoms with Crippen molar-refractivity contribution >= 4 is 17.9 Å². The zero-order chi connectivity index (χ0) is 19.0. The van der Waals surface area contributed by atoms with E-state index in [1.165, 1.54) is 6.92 Å². The minimum Gasteiger partial charge on any atom is -0.452 e. The van der Waals surface area contributed by atoms with E-state index in [-0.39, 0.29) is 12.0 Å². The molecule has 0 aromatic heterocycles. The Labute approximate surface area is 149 Å². The van der Waals surface area contributed by atoms with Crippen LogP contribution in [-0.2, 0) is 14.3 Å². The van der Waals surface area contributed by atoms with E-state index in [0.717, 1.165) is 12.0 Å². The first-order valence-electron chi connectivity index (χ1n) is 8.63. The summed E-state index contributed by atoms with van der Waals surface area (Å²) in [7, 11) is 0. The van der Waals surface area contributed by atoms with Gasteiger partial charge in [-0.3, -0.25) is 14.9 Å². The summed E-state index contributed by atoms with van der Waals surface area (Å²) >= 11 is 0. The molecule has 1 rings (SSSR count). The van der Waals surface area contributed by atoms with E-state index in [9.17, 15) is 14.4 Å². The van der Waals surface area contributed by atoms with Crippen molar-refractivity contribution in [1.29, 1.82) is 0 Å². The number of urea groups is 1. The van der Waals surface area contributed by atoms with Gasteiger partial charge in [0.15, 0.2) is 6.10 Å². The Balaban J connectivity index is 2.76. The summed E-state index contributed by atoms with van der Waals surface area (Å²) in [5.41, 5.74) is 0.854. The zero-order valence-corrected chi connectivity index (χ0v) is 15.5. The number of hydrogen-bond acceptors (Lipinski definition) is 4. The molecule has 3 amide bonds. The molecule has 0 heterocycles. The van der Waals surface area contributed by atoms with Crippen molar-refractivity contribution in [2.75, 3.05) is 0 Å². The first-order chi connectivity index (χ1) is 11.8. The van der Waals surface area contributed by atoms with E-state index >= 15 is 0 Å². The third-order valence-corrected chi connectivity index (χ3v) is 3.94. The number of carbonyl (C=O) groups is 3. The van der Waals surface area contributed by atoms with Crippen LogP contribution in [0.3, 0.4) is 0 Å². The number of benzene rings is 1. The maximum atomic E-state index is 12.6. The highest BCUT2D eigenvalue weighted by atomic mass is 16.5. The van der Waals surface area contributed by atoms with Crippen molar-refractivity contribution in [2.45, 2.75) is 59.1 Å². The number of carbonyl (C=O) groups excluding carboxylic acids is 3. The molecule has 6 nitrogen and oxygen atoms in total. The Morgan fingerprint density at radius 2 is 1.64 bits per heavy atom. The Kier molecular flexibility index (Phi) is 8.11. The summed E-state index contributed by atoms with van der Waals surface area (Å²) in [6.07, 6.45) is -0.257. The average Bonchev–Trinajstić information content (AvgIpc) is 2.54. The van der Waals surface area contributed by atoms with Crippen LogP contribution in [0.5, 0.6) is 0 Å². The van der Waals surface area contributed by atoms with Crippen LogP contribution in [0, 0.1) is 5.92 Å². The van der Waals surface area contributed by atoms with Crippen LogP contribution in [0.1, 0.15) is 52.5 Å². The predicted octanol–water partition coefficient (Wildman–Crippen LogP) is 2.98. The molecule has 6 heteroatoms. The third kappa shape index (κ3) is 6.57. The number of rotatable bonds is 7. The number of nitrogens with one attached hydrogen (secondary N) is 2. The Hall–Kier alpha value is -2.37. The normalized spacial score (nSPS) is 14.3. The second-order valence-corrected chi connectivity index (χ2v) is 6.47. The summed E-state index contributed by atoms with van der Waals surface area (Å²) in [4.78, 5) is 36.2. The lowest BCUT2D eigenvalue weighted by molar-refractivity contribution is -0.157. The molecule has 0 radical (unpaired) electrons. The van der Waals surface area contributed by atoms with Crippen molar-refractivity contribution in [3.8, 4) is 0 Å². The van der Waals surface area contributed by atoms with Crippen molar-refractivity contribution in [1.82, 2.24) is 10.6 Å². The second-order valence-electron chi connectivity index (χ2n) is 6.47. The van der Waals surface area contributed by atoms with Crippen LogP contribution in [0.25, 0.3) is 0 Å². The molecule has 0 saturated carbocycles. The predicted molar refractivity (Wildman–Crippen MR) is 96.0 cm³/mol. The van der Waals surface area contributed by atoms with Gasteiger partial charge in [-0.1, -0.05) is 50.6 Å². The van der Waals surface area contributed by atoms with Gasteiger partial charge in [0.2, 0.25) is 0 Å². The van der Waals surface area contributed by atoms with E-state index in [0.29, 0.717) is 0 Å². The second kappa shape index (κ2) is 9.81. The van der Waals surface area contributed by atoms with Gasteiger partial charge in [-0.25, -0.2) is 4.79 Å². The number of esters is 1. The van der Waals surface area contributed by atoms with Crippen molar-refractivity contribution < 1.29 is 19.1 Å². The zero-order valence-electron chi connectivity index (χ0n) is 15.5. The molecular formula is C19H28N2O4. The highest BCUT2D eigenvalue weighted by Gasteiger charge is 2.30. The van der Waals surface area contributed by atoms with Crippen LogP contribution < -0.4 is 10.6 Å². The van der Waals surface area contributed by atoms with E-state index < -0.39 is 29.9 Å². The summed E-state index contributed by atoms with van der Waals surface area (Å²) in [6, 6.07) is 8.65. The number of amides is 3. The number of imide groups is 1. The lowest BCUT2D eigenvalue weighted by Gasteiger charge is -2.23. The van der Waals surface area contributed by atoms with Crippen molar-refractivity contribution in [3.05, 3.63) is 35.9 Å². The molecule has 2 N–H and O–H groups in total. The number of ether oxygens (including phenoxy) is 1. The molecule has 25 heavy (non-hydrogen) atoms. The van der Waals surface area contributed by atoms with Gasteiger partial charge in [-0.2, -0.15) is 0 Å². The topological polar surface area (TPSA) is 84.5 Å². The van der Waals surface area contributed by atoms with Gasteiger partial charge < -0.3 is 10.1 Å². The fourth-order valence-corrected chi connectivity index (χ4v) is 2.41. The standard InChI is InChI=1S/C19H28N2O4/c1-6-13(4)16(15-10-8-7-9-11-15)18(23)25-14(5)17(22)21-19(24)20-12(2)3/h7-14,16H,6H2,1-5H3,(H2,20,21,22,24)/t13-,14+,16+/m1/s1. The molecule has 0 aliphatic carbocycles. The summed E-state index contributed by atoms with van der Waals surface area (Å²) in [5, 5.41) is 4.72. The van der Waals surface area contributed by atoms with Gasteiger partial charge in [0.1, 0.15) is 0 Å². The Bertz CT molecular complexity index is 586. The highest BCUT2D eigenvalue weighted by molar-refractivity contribution is 5.97. The summed E-state index contributed by atoms with van der Waals surface area (Å²) in [5.74, 6) is -1.50. The molecule has 3 atom stereocenters. The van der Waals surface area contributed by atoms with E-state index in [2.05, 4.69) is 10.6 Å². The fraction of sp³-hybridized carbons (Fsp3) is 0.526.